The number of fused-ring (bicyclic) bond motifs is 3. The van der Waals surface area contributed by atoms with Crippen molar-refractivity contribution >= 4 is 17.7 Å². The highest BCUT2D eigenvalue weighted by Gasteiger charge is 2.30. The number of para-hydroxylation sites is 1. The summed E-state index contributed by atoms with van der Waals surface area (Å²) in [6.45, 7) is 2.37. The predicted molar refractivity (Wildman–Crippen MR) is 152 cm³/mol. The molecule has 4 aromatic carbocycles. The van der Waals surface area contributed by atoms with Gasteiger partial charge in [-0.15, -0.1) is 0 Å². The van der Waals surface area contributed by atoms with Crippen LogP contribution >= 0.6 is 0 Å². The fraction of sp³-hybridized carbons (Fsp3) is 0.188. The summed E-state index contributed by atoms with van der Waals surface area (Å²) in [4.78, 5) is 37.2. The summed E-state index contributed by atoms with van der Waals surface area (Å²) in [5.41, 5.74) is 6.43. The van der Waals surface area contributed by atoms with E-state index in [4.69, 9.17) is 4.74 Å². The van der Waals surface area contributed by atoms with Crippen LogP contribution in [0.4, 0.5) is 10.5 Å². The van der Waals surface area contributed by atoms with E-state index in [2.05, 4.69) is 10.6 Å². The Morgan fingerprint density at radius 3 is 2.12 bits per heavy atom. The van der Waals surface area contributed by atoms with Crippen molar-refractivity contribution in [2.45, 2.75) is 31.8 Å². The zero-order chi connectivity index (χ0) is 28.1. The van der Waals surface area contributed by atoms with Crippen LogP contribution in [0.3, 0.4) is 0 Å². The number of benzene rings is 4. The molecule has 4 aromatic rings. The van der Waals surface area contributed by atoms with Gasteiger partial charge >= 0.3 is 6.09 Å². The highest BCUT2D eigenvalue weighted by atomic mass is 16.6. The van der Waals surface area contributed by atoms with Crippen molar-refractivity contribution < 1.29 is 19.2 Å². The molecule has 1 aliphatic carbocycles. The average Bonchev–Trinajstić information content (AvgIpc) is 3.29. The monoisotopic (exact) mass is 535 g/mol. The lowest BCUT2D eigenvalue weighted by molar-refractivity contribution is -0.385. The lowest BCUT2D eigenvalue weighted by Crippen LogP contribution is -2.34. The highest BCUT2D eigenvalue weighted by Crippen LogP contribution is 2.44. The van der Waals surface area contributed by atoms with E-state index in [0.29, 0.717) is 6.54 Å². The van der Waals surface area contributed by atoms with Gasteiger partial charge in [0.05, 0.1) is 22.9 Å². The molecule has 8 nitrogen and oxygen atoms in total. The Morgan fingerprint density at radius 1 is 0.875 bits per heavy atom. The molecule has 202 valence electrons. The van der Waals surface area contributed by atoms with Crippen LogP contribution in [-0.2, 0) is 16.1 Å². The molecule has 0 spiro atoms. The first-order valence-electron chi connectivity index (χ1n) is 13.1. The van der Waals surface area contributed by atoms with Crippen LogP contribution in [0.1, 0.15) is 46.2 Å². The average molecular weight is 536 g/mol. The second-order valence-electron chi connectivity index (χ2n) is 9.80. The summed E-state index contributed by atoms with van der Waals surface area (Å²) in [6, 6.07) is 28.9. The number of nitro groups is 1. The minimum Gasteiger partial charge on any atom is -0.449 e. The van der Waals surface area contributed by atoms with E-state index in [1.165, 1.54) is 6.07 Å². The minimum atomic E-state index is -0.963. The van der Waals surface area contributed by atoms with Crippen LogP contribution in [0.2, 0.25) is 0 Å². The molecule has 0 radical (unpaired) electrons. The smallest absolute Gasteiger partial charge is 0.407 e. The summed E-state index contributed by atoms with van der Waals surface area (Å²) >= 11 is 0. The number of amides is 2. The summed E-state index contributed by atoms with van der Waals surface area (Å²) in [5, 5.41) is 17.3. The lowest BCUT2D eigenvalue weighted by Gasteiger charge is -2.20. The number of carbonyl (C=O) groups is 2. The number of hydrogen-bond acceptors (Lipinski definition) is 5. The molecule has 0 aromatic heterocycles. The van der Waals surface area contributed by atoms with E-state index in [1.807, 2.05) is 79.7 Å². The quantitative estimate of drug-likeness (QED) is 0.196. The van der Waals surface area contributed by atoms with Crippen molar-refractivity contribution in [1.29, 1.82) is 0 Å². The molecule has 2 amide bonds. The highest BCUT2D eigenvalue weighted by molar-refractivity contribution is 5.80. The third kappa shape index (κ3) is 5.86. The second kappa shape index (κ2) is 11.8. The van der Waals surface area contributed by atoms with E-state index < -0.39 is 17.1 Å². The lowest BCUT2D eigenvalue weighted by atomic mass is 9.98. The van der Waals surface area contributed by atoms with Gasteiger partial charge in [0.25, 0.3) is 5.69 Å². The van der Waals surface area contributed by atoms with E-state index in [0.717, 1.165) is 33.4 Å². The fourth-order valence-electron chi connectivity index (χ4n) is 5.13. The SMILES string of the molecule is Cc1ccc(CNC(=O)CC(NC(=O)OCC2c3ccccc3-c3ccccc32)c2ccccc2[N+](=O)[O-])cc1. The van der Waals surface area contributed by atoms with Crippen LogP contribution in [0, 0.1) is 17.0 Å². The van der Waals surface area contributed by atoms with Crippen LogP contribution in [0.25, 0.3) is 11.1 Å². The molecule has 0 aliphatic heterocycles. The molecule has 1 atom stereocenters. The number of alkyl carbamates (subject to hydrolysis) is 1. The Hall–Kier alpha value is -4.98. The Labute approximate surface area is 232 Å². The van der Waals surface area contributed by atoms with Crippen molar-refractivity contribution in [1.82, 2.24) is 10.6 Å². The number of rotatable bonds is 9. The largest absolute Gasteiger partial charge is 0.449 e. The molecule has 1 aliphatic rings. The van der Waals surface area contributed by atoms with Crippen molar-refractivity contribution in [2.24, 2.45) is 0 Å². The maximum absolute atomic E-state index is 13.0. The van der Waals surface area contributed by atoms with Gasteiger partial charge in [0.2, 0.25) is 5.91 Å². The zero-order valence-corrected chi connectivity index (χ0v) is 22.0. The van der Waals surface area contributed by atoms with Crippen LogP contribution in [0.15, 0.2) is 97.1 Å². The van der Waals surface area contributed by atoms with Gasteiger partial charge in [0, 0.05) is 18.5 Å². The van der Waals surface area contributed by atoms with Gasteiger partial charge in [-0.25, -0.2) is 4.79 Å². The molecule has 5 rings (SSSR count). The normalized spacial score (nSPS) is 12.6. The van der Waals surface area contributed by atoms with Gasteiger partial charge < -0.3 is 15.4 Å². The van der Waals surface area contributed by atoms with Crippen molar-refractivity contribution in [3.63, 3.8) is 0 Å². The number of nitrogens with zero attached hydrogens (tertiary/aromatic N) is 1. The van der Waals surface area contributed by atoms with E-state index in [1.54, 1.807) is 18.2 Å². The first-order chi connectivity index (χ1) is 19.4. The first-order valence-corrected chi connectivity index (χ1v) is 13.1. The van der Waals surface area contributed by atoms with E-state index in [9.17, 15) is 19.7 Å². The Bertz CT molecular complexity index is 1500. The van der Waals surface area contributed by atoms with E-state index >= 15 is 0 Å². The number of hydrogen-bond donors (Lipinski definition) is 2. The van der Waals surface area contributed by atoms with Gasteiger partial charge in [0.15, 0.2) is 0 Å². The summed E-state index contributed by atoms with van der Waals surface area (Å²) in [6.07, 6.45) is -0.947. The molecular weight excluding hydrogens is 506 g/mol. The van der Waals surface area contributed by atoms with Crippen molar-refractivity contribution in [3.05, 3.63) is 135 Å². The second-order valence-corrected chi connectivity index (χ2v) is 9.80. The molecule has 2 N–H and O–H groups in total. The fourth-order valence-corrected chi connectivity index (χ4v) is 5.13. The molecule has 0 saturated heterocycles. The third-order valence-electron chi connectivity index (χ3n) is 7.14. The first kappa shape index (κ1) is 26.6. The van der Waals surface area contributed by atoms with Crippen molar-refractivity contribution in [3.8, 4) is 11.1 Å². The van der Waals surface area contributed by atoms with E-state index in [-0.39, 0.29) is 36.1 Å². The molecule has 0 bridgehead atoms. The predicted octanol–water partition coefficient (Wildman–Crippen LogP) is 6.19. The molecule has 8 heteroatoms. The number of nitrogens with one attached hydrogen (secondary N) is 2. The standard InChI is InChI=1S/C32H29N3O5/c1-21-14-16-22(17-15-21)19-33-31(36)18-29(27-12-6-7-13-30(27)35(38)39)34-32(37)40-20-28-25-10-4-2-8-23(25)24-9-3-5-11-26(24)28/h2-17,28-29H,18-20H2,1H3,(H,33,36)(H,34,37). The zero-order valence-electron chi connectivity index (χ0n) is 22.0. The van der Waals surface area contributed by atoms with Gasteiger partial charge in [-0.05, 0) is 34.7 Å². The minimum absolute atomic E-state index is 0.0864. The Balaban J connectivity index is 1.30. The molecule has 0 saturated carbocycles. The van der Waals surface area contributed by atoms with Gasteiger partial charge in [-0.3, -0.25) is 14.9 Å². The van der Waals surface area contributed by atoms with Gasteiger partial charge in [-0.2, -0.15) is 0 Å². The summed E-state index contributed by atoms with van der Waals surface area (Å²) in [7, 11) is 0. The van der Waals surface area contributed by atoms with Crippen LogP contribution in [-0.4, -0.2) is 23.5 Å². The molecular formula is C32H29N3O5. The number of aryl methyl sites for hydroxylation is 1. The van der Waals surface area contributed by atoms with Gasteiger partial charge in [0.1, 0.15) is 6.61 Å². The number of carbonyl (C=O) groups excluding carboxylic acids is 2. The number of ether oxygens (including phenoxy) is 1. The van der Waals surface area contributed by atoms with Crippen LogP contribution in [0.5, 0.6) is 0 Å². The Morgan fingerprint density at radius 2 is 1.48 bits per heavy atom. The third-order valence-corrected chi connectivity index (χ3v) is 7.14. The van der Waals surface area contributed by atoms with Gasteiger partial charge in [-0.1, -0.05) is 96.6 Å². The topological polar surface area (TPSA) is 111 Å². The van der Waals surface area contributed by atoms with Crippen molar-refractivity contribution in [2.75, 3.05) is 6.61 Å². The molecule has 40 heavy (non-hydrogen) atoms. The summed E-state index contributed by atoms with van der Waals surface area (Å²) < 4.78 is 5.66. The molecule has 0 fully saturated rings. The molecule has 1 unspecified atom stereocenters. The summed E-state index contributed by atoms with van der Waals surface area (Å²) in [5.74, 6) is -0.497. The van der Waals surface area contributed by atoms with Crippen LogP contribution < -0.4 is 10.6 Å². The maximum atomic E-state index is 13.0. The number of nitro benzene ring substituents is 1. The molecule has 0 heterocycles. The maximum Gasteiger partial charge on any atom is 0.407 e. The Kier molecular flexibility index (Phi) is 7.87.